The Morgan fingerprint density at radius 2 is 1.75 bits per heavy atom. The lowest BCUT2D eigenvalue weighted by Crippen LogP contribution is -2.16. The van der Waals surface area contributed by atoms with Crippen molar-refractivity contribution in [2.24, 2.45) is 7.05 Å². The summed E-state index contributed by atoms with van der Waals surface area (Å²) in [5.41, 5.74) is 1.28. The van der Waals surface area contributed by atoms with Crippen molar-refractivity contribution >= 4 is 26.5 Å². The van der Waals surface area contributed by atoms with Crippen molar-refractivity contribution in [2.75, 3.05) is 4.72 Å². The Labute approximate surface area is 184 Å². The summed E-state index contributed by atoms with van der Waals surface area (Å²) in [7, 11) is -2.10. The van der Waals surface area contributed by atoms with Crippen molar-refractivity contribution in [1.29, 1.82) is 0 Å². The normalized spacial score (nSPS) is 11.3. The quantitative estimate of drug-likeness (QED) is 0.447. The van der Waals surface area contributed by atoms with E-state index in [1.807, 2.05) is 6.07 Å². The van der Waals surface area contributed by atoms with Crippen LogP contribution < -0.4 is 15.0 Å². The van der Waals surface area contributed by atoms with Crippen molar-refractivity contribution < 1.29 is 17.5 Å². The van der Waals surface area contributed by atoms with Gasteiger partial charge in [-0.3, -0.25) is 9.52 Å². The van der Waals surface area contributed by atoms with E-state index in [9.17, 15) is 17.6 Å². The van der Waals surface area contributed by atoms with Crippen LogP contribution in [-0.2, 0) is 17.1 Å². The third-order valence-corrected chi connectivity index (χ3v) is 5.82. The fraction of sp³-hybridized carbons (Fsp3) is 0.0417. The molecular formula is C24H19FN2O4S. The number of halogens is 1. The van der Waals surface area contributed by atoms with Crippen LogP contribution in [0.1, 0.15) is 0 Å². The molecule has 0 atom stereocenters. The number of sulfonamides is 1. The molecule has 0 aliphatic heterocycles. The lowest BCUT2D eigenvalue weighted by Gasteiger charge is -2.16. The zero-order chi connectivity index (χ0) is 22.9. The maximum Gasteiger partial charge on any atom is 0.258 e. The number of fused-ring (bicyclic) bond motifs is 1. The predicted molar refractivity (Wildman–Crippen MR) is 124 cm³/mol. The van der Waals surface area contributed by atoms with E-state index in [1.54, 1.807) is 49.6 Å². The van der Waals surface area contributed by atoms with Gasteiger partial charge < -0.3 is 9.30 Å². The van der Waals surface area contributed by atoms with Gasteiger partial charge in [-0.05, 0) is 41.8 Å². The molecule has 0 saturated heterocycles. The molecule has 0 bridgehead atoms. The number of hydrogen-bond donors (Lipinski definition) is 1. The predicted octanol–water partition coefficient (Wildman–Crippen LogP) is 5.02. The molecule has 8 heteroatoms. The summed E-state index contributed by atoms with van der Waals surface area (Å²) in [6.45, 7) is 3.30. The SMILES string of the molecule is C=CS(=O)(=O)Nc1ccc(Oc2cccc(F)c2)c(-c2cn(C)c(=O)c3ccccc23)c1. The average molecular weight is 450 g/mol. The molecule has 1 heterocycles. The van der Waals surface area contributed by atoms with E-state index >= 15 is 0 Å². The van der Waals surface area contributed by atoms with Gasteiger partial charge in [0, 0.05) is 46.9 Å². The number of anilines is 1. The minimum absolute atomic E-state index is 0.166. The maximum atomic E-state index is 13.7. The fourth-order valence-corrected chi connectivity index (χ4v) is 3.93. The second-order valence-corrected chi connectivity index (χ2v) is 8.72. The Balaban J connectivity index is 1.96. The number of nitrogens with zero attached hydrogens (tertiary/aromatic N) is 1. The number of benzene rings is 3. The van der Waals surface area contributed by atoms with E-state index in [-0.39, 0.29) is 17.0 Å². The van der Waals surface area contributed by atoms with Crippen molar-refractivity contribution in [3.63, 3.8) is 0 Å². The van der Waals surface area contributed by atoms with E-state index in [0.29, 0.717) is 27.6 Å². The molecule has 0 saturated carbocycles. The van der Waals surface area contributed by atoms with Gasteiger partial charge in [0.05, 0.1) is 0 Å². The molecule has 0 fully saturated rings. The zero-order valence-electron chi connectivity index (χ0n) is 17.1. The summed E-state index contributed by atoms with van der Waals surface area (Å²) in [6.07, 6.45) is 1.66. The number of pyridine rings is 1. The maximum absolute atomic E-state index is 13.7. The van der Waals surface area contributed by atoms with Crippen molar-refractivity contribution in [2.45, 2.75) is 0 Å². The summed E-state index contributed by atoms with van der Waals surface area (Å²) < 4.78 is 47.5. The largest absolute Gasteiger partial charge is 0.457 e. The number of ether oxygens (including phenoxy) is 1. The van der Waals surface area contributed by atoms with Crippen LogP contribution in [-0.4, -0.2) is 13.0 Å². The van der Waals surface area contributed by atoms with Crippen LogP contribution in [0.5, 0.6) is 11.5 Å². The molecular weight excluding hydrogens is 431 g/mol. The molecule has 1 N–H and O–H groups in total. The van der Waals surface area contributed by atoms with Crippen molar-refractivity contribution in [3.8, 4) is 22.6 Å². The molecule has 6 nitrogen and oxygen atoms in total. The van der Waals surface area contributed by atoms with Crippen LogP contribution in [0.2, 0.25) is 0 Å². The Kier molecular flexibility index (Phi) is 5.54. The first-order chi connectivity index (χ1) is 15.3. The van der Waals surface area contributed by atoms with Gasteiger partial charge in [-0.2, -0.15) is 0 Å². The van der Waals surface area contributed by atoms with E-state index in [0.717, 1.165) is 5.41 Å². The molecule has 162 valence electrons. The molecule has 0 amide bonds. The summed E-state index contributed by atoms with van der Waals surface area (Å²) in [4.78, 5) is 12.6. The monoisotopic (exact) mass is 450 g/mol. The summed E-state index contributed by atoms with van der Waals surface area (Å²) in [5, 5.41) is 1.98. The van der Waals surface area contributed by atoms with Gasteiger partial charge >= 0.3 is 0 Å². The lowest BCUT2D eigenvalue weighted by molar-refractivity contribution is 0.478. The highest BCUT2D eigenvalue weighted by atomic mass is 32.2. The van der Waals surface area contributed by atoms with Crippen LogP contribution in [0, 0.1) is 5.82 Å². The first-order valence-corrected chi connectivity index (χ1v) is 11.1. The Morgan fingerprint density at radius 3 is 2.47 bits per heavy atom. The fourth-order valence-electron chi connectivity index (χ4n) is 3.39. The van der Waals surface area contributed by atoms with E-state index in [2.05, 4.69) is 11.3 Å². The Bertz CT molecular complexity index is 1510. The number of hydrogen-bond acceptors (Lipinski definition) is 4. The van der Waals surface area contributed by atoms with Gasteiger partial charge in [-0.1, -0.05) is 30.8 Å². The van der Waals surface area contributed by atoms with Crippen LogP contribution in [0.4, 0.5) is 10.1 Å². The van der Waals surface area contributed by atoms with E-state index in [1.165, 1.54) is 28.8 Å². The van der Waals surface area contributed by atoms with Gasteiger partial charge in [0.15, 0.2) is 0 Å². The number of aromatic nitrogens is 1. The Morgan fingerprint density at radius 1 is 1.00 bits per heavy atom. The molecule has 4 aromatic rings. The lowest BCUT2D eigenvalue weighted by atomic mass is 9.99. The highest BCUT2D eigenvalue weighted by Gasteiger charge is 2.16. The summed E-state index contributed by atoms with van der Waals surface area (Å²) in [5.74, 6) is 0.188. The molecule has 0 aliphatic rings. The van der Waals surface area contributed by atoms with Crippen LogP contribution in [0.25, 0.3) is 21.9 Å². The standard InChI is InChI=1S/C24H19FN2O4S/c1-3-32(29,30)26-17-11-12-23(31-18-8-6-7-16(25)13-18)21(14-17)22-15-27(2)24(28)20-10-5-4-9-19(20)22/h3-15,26H,1H2,2H3. The summed E-state index contributed by atoms with van der Waals surface area (Å²) in [6, 6.07) is 17.5. The topological polar surface area (TPSA) is 77.4 Å². The van der Waals surface area contributed by atoms with Crippen molar-refractivity contribution in [1.82, 2.24) is 4.57 Å². The minimum Gasteiger partial charge on any atom is -0.457 e. The smallest absolute Gasteiger partial charge is 0.258 e. The average Bonchev–Trinajstić information content (AvgIpc) is 2.77. The highest BCUT2D eigenvalue weighted by molar-refractivity contribution is 7.95. The minimum atomic E-state index is -3.74. The van der Waals surface area contributed by atoms with Gasteiger partial charge in [0.1, 0.15) is 17.3 Å². The number of nitrogens with one attached hydrogen (secondary N) is 1. The number of aryl methyl sites for hydroxylation is 1. The molecule has 0 unspecified atom stereocenters. The van der Waals surface area contributed by atoms with Crippen LogP contribution in [0.15, 0.2) is 89.7 Å². The second-order valence-electron chi connectivity index (χ2n) is 7.09. The molecule has 1 aromatic heterocycles. The Hall–Kier alpha value is -3.91. The third kappa shape index (κ3) is 4.26. The molecule has 0 spiro atoms. The number of rotatable bonds is 6. The molecule has 32 heavy (non-hydrogen) atoms. The first-order valence-electron chi connectivity index (χ1n) is 9.59. The zero-order valence-corrected chi connectivity index (χ0v) is 17.9. The third-order valence-electron chi connectivity index (χ3n) is 4.86. The van der Waals surface area contributed by atoms with Gasteiger partial charge in [0.2, 0.25) is 0 Å². The first kappa shape index (κ1) is 21.3. The van der Waals surface area contributed by atoms with Gasteiger partial charge in [0.25, 0.3) is 15.6 Å². The van der Waals surface area contributed by atoms with Crippen molar-refractivity contribution in [3.05, 3.63) is 101 Å². The van der Waals surface area contributed by atoms with Crippen LogP contribution >= 0.6 is 0 Å². The molecule has 3 aromatic carbocycles. The highest BCUT2D eigenvalue weighted by Crippen LogP contribution is 2.38. The van der Waals surface area contributed by atoms with Crippen LogP contribution in [0.3, 0.4) is 0 Å². The second kappa shape index (κ2) is 8.32. The molecule has 0 aliphatic carbocycles. The van der Waals surface area contributed by atoms with Gasteiger partial charge in [-0.25, -0.2) is 12.8 Å². The van der Waals surface area contributed by atoms with Gasteiger partial charge in [-0.15, -0.1) is 0 Å². The van der Waals surface area contributed by atoms with E-state index < -0.39 is 15.8 Å². The summed E-state index contributed by atoms with van der Waals surface area (Å²) >= 11 is 0. The van der Waals surface area contributed by atoms with E-state index in [4.69, 9.17) is 4.74 Å². The molecule has 0 radical (unpaired) electrons. The molecule has 4 rings (SSSR count).